The van der Waals surface area contributed by atoms with Crippen LogP contribution in [-0.2, 0) is 16.1 Å². The van der Waals surface area contributed by atoms with Gasteiger partial charge in [0.2, 0.25) is 11.8 Å². The lowest BCUT2D eigenvalue weighted by atomic mass is 10.0. The van der Waals surface area contributed by atoms with E-state index in [2.05, 4.69) is 6.92 Å². The van der Waals surface area contributed by atoms with E-state index in [-0.39, 0.29) is 30.2 Å². The summed E-state index contributed by atoms with van der Waals surface area (Å²) in [5.41, 5.74) is 4.35. The van der Waals surface area contributed by atoms with Crippen LogP contribution in [-0.4, -0.2) is 29.3 Å². The lowest BCUT2D eigenvalue weighted by molar-refractivity contribution is -0.138. The Balaban J connectivity index is 1.76. The maximum atomic E-state index is 13.2. The van der Waals surface area contributed by atoms with Crippen molar-refractivity contribution in [1.29, 1.82) is 0 Å². The number of carbonyl (C=O) groups excluding carboxylic acids is 2. The first-order valence-corrected chi connectivity index (χ1v) is 9.59. The number of nitrogens with zero attached hydrogens (tertiary/aromatic N) is 2. The van der Waals surface area contributed by atoms with Gasteiger partial charge in [0.15, 0.2) is 0 Å². The summed E-state index contributed by atoms with van der Waals surface area (Å²) in [6.45, 7) is 9.19. The molecule has 0 radical (unpaired) electrons. The molecule has 0 bridgehead atoms. The predicted octanol–water partition coefficient (Wildman–Crippen LogP) is 4.09. The number of hydrogen-bond donors (Lipinski definition) is 0. The molecular weight excluding hydrogens is 336 g/mol. The summed E-state index contributed by atoms with van der Waals surface area (Å²) in [5, 5.41) is 0. The van der Waals surface area contributed by atoms with E-state index in [1.54, 1.807) is 4.90 Å². The summed E-state index contributed by atoms with van der Waals surface area (Å²) in [6.07, 6.45) is 0.282. The predicted molar refractivity (Wildman–Crippen MR) is 109 cm³/mol. The molecule has 1 aliphatic rings. The highest BCUT2D eigenvalue weighted by Gasteiger charge is 2.37. The molecule has 1 aliphatic heterocycles. The van der Waals surface area contributed by atoms with Gasteiger partial charge in [-0.1, -0.05) is 36.4 Å². The molecule has 1 atom stereocenters. The smallest absolute Gasteiger partial charge is 0.228 e. The molecule has 3 rings (SSSR count). The minimum atomic E-state index is -0.287. The lowest BCUT2D eigenvalue weighted by Crippen LogP contribution is -2.41. The molecule has 1 fully saturated rings. The van der Waals surface area contributed by atoms with Crippen molar-refractivity contribution in [2.45, 2.75) is 46.7 Å². The maximum absolute atomic E-state index is 13.2. The maximum Gasteiger partial charge on any atom is 0.228 e. The number of aryl methyl sites for hydroxylation is 2. The van der Waals surface area contributed by atoms with E-state index in [0.717, 1.165) is 16.8 Å². The first-order chi connectivity index (χ1) is 12.9. The van der Waals surface area contributed by atoms with E-state index in [9.17, 15) is 9.59 Å². The van der Waals surface area contributed by atoms with Crippen LogP contribution in [0.1, 0.15) is 37.0 Å². The fourth-order valence-electron chi connectivity index (χ4n) is 3.55. The number of rotatable bonds is 5. The van der Waals surface area contributed by atoms with E-state index in [0.29, 0.717) is 13.1 Å². The van der Waals surface area contributed by atoms with Crippen molar-refractivity contribution in [3.05, 3.63) is 65.2 Å². The molecule has 1 saturated heterocycles. The van der Waals surface area contributed by atoms with Crippen molar-refractivity contribution >= 4 is 17.5 Å². The van der Waals surface area contributed by atoms with Crippen LogP contribution < -0.4 is 4.90 Å². The van der Waals surface area contributed by atoms with Crippen LogP contribution in [0.3, 0.4) is 0 Å². The SMILES string of the molecule is Cc1ccc(N2C[C@@H](C(=O)N(Cc3ccccc3)C(C)C)CC2=O)cc1C. The summed E-state index contributed by atoms with van der Waals surface area (Å²) in [7, 11) is 0. The van der Waals surface area contributed by atoms with Gasteiger partial charge in [-0.3, -0.25) is 9.59 Å². The quantitative estimate of drug-likeness (QED) is 0.802. The van der Waals surface area contributed by atoms with E-state index < -0.39 is 0 Å². The normalized spacial score (nSPS) is 16.9. The van der Waals surface area contributed by atoms with Gasteiger partial charge in [-0.15, -0.1) is 0 Å². The van der Waals surface area contributed by atoms with Gasteiger partial charge in [0.25, 0.3) is 0 Å². The minimum Gasteiger partial charge on any atom is -0.336 e. The fourth-order valence-corrected chi connectivity index (χ4v) is 3.55. The minimum absolute atomic E-state index is 0.0278. The van der Waals surface area contributed by atoms with Crippen LogP contribution in [0.2, 0.25) is 0 Å². The largest absolute Gasteiger partial charge is 0.336 e. The van der Waals surface area contributed by atoms with Gasteiger partial charge in [-0.25, -0.2) is 0 Å². The highest BCUT2D eigenvalue weighted by atomic mass is 16.2. The average Bonchev–Trinajstić information content (AvgIpc) is 3.04. The average molecular weight is 364 g/mol. The summed E-state index contributed by atoms with van der Waals surface area (Å²) in [6, 6.07) is 16.1. The van der Waals surface area contributed by atoms with Crippen molar-refractivity contribution in [3.8, 4) is 0 Å². The Morgan fingerprint density at radius 1 is 1.11 bits per heavy atom. The number of hydrogen-bond acceptors (Lipinski definition) is 2. The zero-order valence-electron chi connectivity index (χ0n) is 16.6. The topological polar surface area (TPSA) is 40.6 Å². The lowest BCUT2D eigenvalue weighted by Gasteiger charge is -2.29. The van der Waals surface area contributed by atoms with Gasteiger partial charge < -0.3 is 9.80 Å². The molecule has 142 valence electrons. The van der Waals surface area contributed by atoms with Crippen molar-refractivity contribution < 1.29 is 9.59 Å². The van der Waals surface area contributed by atoms with Crippen LogP contribution in [0.15, 0.2) is 48.5 Å². The summed E-state index contributed by atoms with van der Waals surface area (Å²) in [4.78, 5) is 29.4. The van der Waals surface area contributed by atoms with Crippen LogP contribution in [0, 0.1) is 19.8 Å². The molecule has 0 saturated carbocycles. The highest BCUT2D eigenvalue weighted by Crippen LogP contribution is 2.28. The second kappa shape index (κ2) is 7.95. The molecule has 2 aromatic carbocycles. The van der Waals surface area contributed by atoms with Gasteiger partial charge >= 0.3 is 0 Å². The van der Waals surface area contributed by atoms with Crippen LogP contribution in [0.25, 0.3) is 0 Å². The Labute approximate surface area is 161 Å². The molecule has 0 aliphatic carbocycles. The van der Waals surface area contributed by atoms with Gasteiger partial charge in [-0.05, 0) is 56.5 Å². The first-order valence-electron chi connectivity index (χ1n) is 9.59. The van der Waals surface area contributed by atoms with Crippen molar-refractivity contribution in [3.63, 3.8) is 0 Å². The van der Waals surface area contributed by atoms with Gasteiger partial charge in [0.1, 0.15) is 0 Å². The Morgan fingerprint density at radius 3 is 2.44 bits per heavy atom. The fraction of sp³-hybridized carbons (Fsp3) is 0.391. The molecule has 1 heterocycles. The standard InChI is InChI=1S/C23H28N2O2/c1-16(2)24(14-19-8-6-5-7-9-19)23(27)20-13-22(26)25(15-20)21-11-10-17(3)18(4)12-21/h5-12,16,20H,13-15H2,1-4H3/t20-/m0/s1. The molecule has 4 nitrogen and oxygen atoms in total. The molecular formula is C23H28N2O2. The van der Waals surface area contributed by atoms with Gasteiger partial charge in [-0.2, -0.15) is 0 Å². The van der Waals surface area contributed by atoms with Gasteiger partial charge in [0.05, 0.1) is 5.92 Å². The summed E-state index contributed by atoms with van der Waals surface area (Å²) in [5.74, 6) is -0.196. The number of carbonyl (C=O) groups is 2. The van der Waals surface area contributed by atoms with E-state index in [1.165, 1.54) is 5.56 Å². The molecule has 27 heavy (non-hydrogen) atoms. The van der Waals surface area contributed by atoms with Crippen LogP contribution in [0.4, 0.5) is 5.69 Å². The van der Waals surface area contributed by atoms with Crippen LogP contribution >= 0.6 is 0 Å². The van der Waals surface area contributed by atoms with Gasteiger partial charge in [0, 0.05) is 31.2 Å². The number of amides is 2. The Bertz CT molecular complexity index is 830. The summed E-state index contributed by atoms with van der Waals surface area (Å²) >= 11 is 0. The van der Waals surface area contributed by atoms with E-state index in [4.69, 9.17) is 0 Å². The third-order valence-corrected chi connectivity index (χ3v) is 5.38. The van der Waals surface area contributed by atoms with Crippen LogP contribution in [0.5, 0.6) is 0 Å². The van der Waals surface area contributed by atoms with Crippen molar-refractivity contribution in [1.82, 2.24) is 4.90 Å². The monoisotopic (exact) mass is 364 g/mol. The molecule has 0 aromatic heterocycles. The Hall–Kier alpha value is -2.62. The zero-order chi connectivity index (χ0) is 19.6. The second-order valence-electron chi connectivity index (χ2n) is 7.72. The summed E-state index contributed by atoms with van der Waals surface area (Å²) < 4.78 is 0. The molecule has 0 N–H and O–H groups in total. The third kappa shape index (κ3) is 4.21. The molecule has 2 aromatic rings. The van der Waals surface area contributed by atoms with E-state index in [1.807, 2.05) is 74.2 Å². The number of benzene rings is 2. The molecule has 2 amide bonds. The van der Waals surface area contributed by atoms with E-state index >= 15 is 0 Å². The molecule has 0 unspecified atom stereocenters. The second-order valence-corrected chi connectivity index (χ2v) is 7.72. The molecule has 0 spiro atoms. The third-order valence-electron chi connectivity index (χ3n) is 5.38. The zero-order valence-corrected chi connectivity index (χ0v) is 16.6. The Morgan fingerprint density at radius 2 is 1.81 bits per heavy atom. The first kappa shape index (κ1) is 19.2. The highest BCUT2D eigenvalue weighted by molar-refractivity contribution is 6.00. The molecule has 4 heteroatoms. The Kier molecular flexibility index (Phi) is 5.64. The number of anilines is 1. The van der Waals surface area contributed by atoms with Crippen molar-refractivity contribution in [2.24, 2.45) is 5.92 Å². The van der Waals surface area contributed by atoms with Crippen molar-refractivity contribution in [2.75, 3.05) is 11.4 Å².